The Labute approximate surface area is 161 Å². The van der Waals surface area contributed by atoms with Gasteiger partial charge in [0, 0.05) is 16.8 Å². The molecule has 0 N–H and O–H groups in total. The second-order valence-corrected chi connectivity index (χ2v) is 8.17. The number of hydrogen-bond acceptors (Lipinski definition) is 2. The average Bonchev–Trinajstić information content (AvgIpc) is 3.19. The number of nitrogens with zero attached hydrogens (tertiary/aromatic N) is 1. The maximum atomic E-state index is 5.97. The number of rotatable bonds is 2. The number of aromatic nitrogens is 1. The Morgan fingerprint density at radius 1 is 1.00 bits per heavy atom. The molecule has 4 heteroatoms. The quantitative estimate of drug-likeness (QED) is 0.683. The van der Waals surface area contributed by atoms with Crippen molar-refractivity contribution >= 4 is 29.8 Å². The van der Waals surface area contributed by atoms with Crippen molar-refractivity contribution in [3.8, 4) is 0 Å². The molecule has 2 aliphatic carbocycles. The van der Waals surface area contributed by atoms with Crippen LogP contribution in [0.4, 0.5) is 0 Å². The minimum absolute atomic E-state index is 0.161. The molecule has 3 aliphatic rings. The summed E-state index contributed by atoms with van der Waals surface area (Å²) >= 11 is 0. The molecule has 5 rings (SSSR count). The number of para-hydroxylation sites is 1. The molecule has 0 spiro atoms. The highest BCUT2D eigenvalue weighted by Crippen LogP contribution is 2.38. The first-order chi connectivity index (χ1) is 13.1. The molecule has 0 saturated carbocycles. The third-order valence-corrected chi connectivity index (χ3v) is 6.22. The van der Waals surface area contributed by atoms with Crippen LogP contribution < -0.4 is 0 Å². The molecule has 2 heterocycles. The van der Waals surface area contributed by atoms with Crippen LogP contribution in [0.5, 0.6) is 0 Å². The van der Waals surface area contributed by atoms with Gasteiger partial charge in [-0.2, -0.15) is 0 Å². The average molecular weight is 359 g/mol. The van der Waals surface area contributed by atoms with Gasteiger partial charge in [-0.25, -0.2) is 0 Å². The van der Waals surface area contributed by atoms with E-state index in [2.05, 4.69) is 73.9 Å². The monoisotopic (exact) mass is 359 g/mol. The molecular weight excluding hydrogens is 333 g/mol. The Bertz CT molecular complexity index is 974. The predicted octanol–water partition coefficient (Wildman–Crippen LogP) is 5.26. The van der Waals surface area contributed by atoms with Crippen LogP contribution >= 0.6 is 0 Å². The summed E-state index contributed by atoms with van der Waals surface area (Å²) in [5, 5.41) is 1.39. The van der Waals surface area contributed by atoms with Crippen LogP contribution in [0.3, 0.4) is 0 Å². The summed E-state index contributed by atoms with van der Waals surface area (Å²) in [6, 6.07) is 8.81. The van der Waals surface area contributed by atoms with Gasteiger partial charge in [0.05, 0.1) is 17.7 Å². The minimum Gasteiger partial charge on any atom is -0.402 e. The van der Waals surface area contributed by atoms with E-state index >= 15 is 0 Å². The lowest BCUT2D eigenvalue weighted by Crippen LogP contribution is -2.21. The van der Waals surface area contributed by atoms with E-state index in [4.69, 9.17) is 9.31 Å². The Hall–Kier alpha value is -2.04. The predicted molar refractivity (Wildman–Crippen MR) is 112 cm³/mol. The smallest absolute Gasteiger partial charge is 0.402 e. The molecule has 2 unspecified atom stereocenters. The highest BCUT2D eigenvalue weighted by atomic mass is 16.7. The fourth-order valence-electron chi connectivity index (χ4n) is 4.51. The van der Waals surface area contributed by atoms with Crippen LogP contribution in [0.15, 0.2) is 48.0 Å². The Balaban J connectivity index is 1.55. The number of fused-ring (bicyclic) bond motifs is 3. The zero-order chi connectivity index (χ0) is 18.5. The normalized spacial score (nSPS) is 27.7. The molecular formula is C23H26BNO2. The maximum absolute atomic E-state index is 5.97. The van der Waals surface area contributed by atoms with Gasteiger partial charge in [0.1, 0.15) is 0 Å². The summed E-state index contributed by atoms with van der Waals surface area (Å²) in [4.78, 5) is 0. The fraction of sp³-hybridized carbons (Fsp3) is 0.391. The molecule has 1 saturated heterocycles. The molecule has 0 amide bonds. The zero-order valence-corrected chi connectivity index (χ0v) is 16.3. The summed E-state index contributed by atoms with van der Waals surface area (Å²) in [7, 11) is -0.177. The van der Waals surface area contributed by atoms with Gasteiger partial charge in [-0.15, -0.1) is 0 Å². The summed E-state index contributed by atoms with van der Waals surface area (Å²) in [5.41, 5.74) is 6.77. The number of benzene rings is 1. The molecule has 3 nitrogen and oxygen atoms in total. The van der Waals surface area contributed by atoms with Gasteiger partial charge in [0.15, 0.2) is 0 Å². The lowest BCUT2D eigenvalue weighted by Gasteiger charge is -2.21. The Morgan fingerprint density at radius 3 is 2.52 bits per heavy atom. The maximum Gasteiger partial charge on any atom is 0.490 e. The van der Waals surface area contributed by atoms with Crippen LogP contribution in [0, 0.1) is 5.92 Å². The standard InChI is InChI=1S/C23H26BNO2/c1-15-8-13-23-21(14-15)20-6-4-5-7-22(20)25(23)19-11-9-18(10-12-19)24-26-16(2)17(3)27-24/h4-9,11,13,15-17H,10,12,14H2,1-3H3/t15-,16?,17?/m0/s1. The third-order valence-electron chi connectivity index (χ3n) is 6.22. The second kappa shape index (κ2) is 6.54. The second-order valence-electron chi connectivity index (χ2n) is 8.17. The van der Waals surface area contributed by atoms with E-state index in [1.54, 1.807) is 0 Å². The van der Waals surface area contributed by atoms with Crippen molar-refractivity contribution in [2.75, 3.05) is 0 Å². The third kappa shape index (κ3) is 2.83. The molecule has 3 atom stereocenters. The molecule has 138 valence electrons. The van der Waals surface area contributed by atoms with Gasteiger partial charge < -0.3 is 13.9 Å². The highest BCUT2D eigenvalue weighted by Gasteiger charge is 2.37. The summed E-state index contributed by atoms with van der Waals surface area (Å²) < 4.78 is 14.4. The SMILES string of the molecule is CC1OB(C2=CC=C(n3c4c(c5ccccc53)C[C@@H](C)C=C4)CC2)OC1C. The van der Waals surface area contributed by atoms with Crippen molar-refractivity contribution in [1.29, 1.82) is 0 Å². The first-order valence-corrected chi connectivity index (χ1v) is 10.1. The van der Waals surface area contributed by atoms with Crippen molar-refractivity contribution in [2.24, 2.45) is 5.92 Å². The van der Waals surface area contributed by atoms with Crippen LogP contribution in [-0.2, 0) is 15.7 Å². The van der Waals surface area contributed by atoms with E-state index in [1.807, 2.05) is 0 Å². The van der Waals surface area contributed by atoms with Crippen molar-refractivity contribution in [2.45, 2.75) is 52.2 Å². The molecule has 1 aromatic carbocycles. The molecule has 1 aliphatic heterocycles. The van der Waals surface area contributed by atoms with Gasteiger partial charge in [0.2, 0.25) is 0 Å². The van der Waals surface area contributed by atoms with E-state index in [-0.39, 0.29) is 19.3 Å². The van der Waals surface area contributed by atoms with E-state index in [0.717, 1.165) is 19.3 Å². The molecule has 2 aromatic rings. The van der Waals surface area contributed by atoms with Crippen molar-refractivity contribution < 1.29 is 9.31 Å². The van der Waals surface area contributed by atoms with Gasteiger partial charge in [-0.05, 0) is 68.3 Å². The van der Waals surface area contributed by atoms with Crippen LogP contribution in [0.25, 0.3) is 22.7 Å². The molecule has 1 fully saturated rings. The Morgan fingerprint density at radius 2 is 1.78 bits per heavy atom. The molecule has 0 radical (unpaired) electrons. The molecule has 0 bridgehead atoms. The van der Waals surface area contributed by atoms with E-state index in [9.17, 15) is 0 Å². The van der Waals surface area contributed by atoms with Gasteiger partial charge in [-0.3, -0.25) is 0 Å². The fourth-order valence-corrected chi connectivity index (χ4v) is 4.51. The van der Waals surface area contributed by atoms with Crippen LogP contribution in [0.1, 0.15) is 44.9 Å². The first kappa shape index (κ1) is 17.1. The van der Waals surface area contributed by atoms with Crippen molar-refractivity contribution in [3.05, 3.63) is 59.2 Å². The summed E-state index contributed by atoms with van der Waals surface area (Å²) in [5.74, 6) is 0.601. The highest BCUT2D eigenvalue weighted by molar-refractivity contribution is 6.54. The van der Waals surface area contributed by atoms with E-state index in [1.165, 1.54) is 33.3 Å². The minimum atomic E-state index is -0.177. The zero-order valence-electron chi connectivity index (χ0n) is 16.3. The van der Waals surface area contributed by atoms with Crippen LogP contribution in [0.2, 0.25) is 0 Å². The first-order valence-electron chi connectivity index (χ1n) is 10.1. The molecule has 27 heavy (non-hydrogen) atoms. The van der Waals surface area contributed by atoms with E-state index in [0.29, 0.717) is 5.92 Å². The number of hydrogen-bond donors (Lipinski definition) is 0. The summed E-state index contributed by atoms with van der Waals surface area (Å²) in [6.45, 7) is 6.46. The van der Waals surface area contributed by atoms with Crippen molar-refractivity contribution in [1.82, 2.24) is 4.57 Å². The van der Waals surface area contributed by atoms with Gasteiger partial charge >= 0.3 is 7.12 Å². The lowest BCUT2D eigenvalue weighted by atomic mass is 9.73. The topological polar surface area (TPSA) is 23.4 Å². The van der Waals surface area contributed by atoms with Gasteiger partial charge in [-0.1, -0.05) is 37.3 Å². The number of allylic oxidation sites excluding steroid dienone is 5. The van der Waals surface area contributed by atoms with Crippen LogP contribution in [-0.4, -0.2) is 23.9 Å². The largest absolute Gasteiger partial charge is 0.490 e. The summed E-state index contributed by atoms with van der Waals surface area (Å²) in [6.07, 6.45) is 12.6. The van der Waals surface area contributed by atoms with Crippen molar-refractivity contribution in [3.63, 3.8) is 0 Å². The van der Waals surface area contributed by atoms with Gasteiger partial charge in [0.25, 0.3) is 0 Å². The molecule has 1 aromatic heterocycles. The van der Waals surface area contributed by atoms with E-state index < -0.39 is 0 Å². The lowest BCUT2D eigenvalue weighted by molar-refractivity contribution is 0.187. The Kier molecular flexibility index (Phi) is 4.14.